The molecule has 2 aromatic heterocycles. The van der Waals surface area contributed by atoms with E-state index in [1.165, 1.54) is 11.1 Å². The number of imidazole rings is 1. The highest BCUT2D eigenvalue weighted by Gasteiger charge is 2.21. The predicted molar refractivity (Wildman–Crippen MR) is 118 cm³/mol. The molecule has 30 heavy (non-hydrogen) atoms. The fourth-order valence-corrected chi connectivity index (χ4v) is 4.04. The maximum absolute atomic E-state index is 5.55. The number of methoxy groups -OCH3 is 1. The maximum Gasteiger partial charge on any atom is 0.227 e. The summed E-state index contributed by atoms with van der Waals surface area (Å²) >= 11 is 0. The lowest BCUT2D eigenvalue weighted by molar-refractivity contribution is 0.409. The van der Waals surface area contributed by atoms with Gasteiger partial charge in [0.1, 0.15) is 11.6 Å². The van der Waals surface area contributed by atoms with E-state index >= 15 is 0 Å². The molecular formula is C24H23N5O. The molecule has 6 heteroatoms. The van der Waals surface area contributed by atoms with Crippen molar-refractivity contribution in [3.8, 4) is 28.3 Å². The first kappa shape index (κ1) is 18.4. The lowest BCUT2D eigenvalue weighted by Gasteiger charge is -2.21. The predicted octanol–water partition coefficient (Wildman–Crippen LogP) is 4.70. The summed E-state index contributed by atoms with van der Waals surface area (Å²) in [7, 11) is 3.74. The minimum Gasteiger partial charge on any atom is -0.496 e. The number of aromatic nitrogens is 4. The third-order valence-corrected chi connectivity index (χ3v) is 5.75. The van der Waals surface area contributed by atoms with Gasteiger partial charge < -0.3 is 14.6 Å². The van der Waals surface area contributed by atoms with Crippen molar-refractivity contribution in [2.24, 2.45) is 7.05 Å². The van der Waals surface area contributed by atoms with Crippen LogP contribution in [0.2, 0.25) is 0 Å². The van der Waals surface area contributed by atoms with E-state index < -0.39 is 0 Å². The van der Waals surface area contributed by atoms with Crippen LogP contribution in [-0.4, -0.2) is 26.6 Å². The van der Waals surface area contributed by atoms with Gasteiger partial charge in [-0.1, -0.05) is 24.3 Å². The molecule has 0 atom stereocenters. The summed E-state index contributed by atoms with van der Waals surface area (Å²) in [6.45, 7) is 2.00. The van der Waals surface area contributed by atoms with Gasteiger partial charge in [-0.05, 0) is 43.5 Å². The molecule has 1 aliphatic rings. The zero-order valence-electron chi connectivity index (χ0n) is 17.3. The molecule has 1 aliphatic carbocycles. The SMILES string of the molecule is COc1cccc2c1CCc1cnc(Nc3cccc(-c4cnc(C)n4C)c3)nc1-2. The van der Waals surface area contributed by atoms with Gasteiger partial charge in [0.15, 0.2) is 0 Å². The van der Waals surface area contributed by atoms with E-state index in [1.807, 2.05) is 50.6 Å². The molecule has 150 valence electrons. The molecule has 0 bridgehead atoms. The highest BCUT2D eigenvalue weighted by Crippen LogP contribution is 2.37. The molecule has 0 saturated carbocycles. The van der Waals surface area contributed by atoms with Crippen molar-refractivity contribution in [3.05, 3.63) is 71.8 Å². The highest BCUT2D eigenvalue weighted by molar-refractivity contribution is 5.74. The van der Waals surface area contributed by atoms with Gasteiger partial charge in [-0.2, -0.15) is 0 Å². The van der Waals surface area contributed by atoms with E-state index in [9.17, 15) is 0 Å². The van der Waals surface area contributed by atoms with E-state index in [4.69, 9.17) is 9.72 Å². The van der Waals surface area contributed by atoms with Crippen molar-refractivity contribution < 1.29 is 4.74 Å². The largest absolute Gasteiger partial charge is 0.496 e. The molecule has 0 unspecified atom stereocenters. The van der Waals surface area contributed by atoms with Crippen molar-refractivity contribution >= 4 is 11.6 Å². The van der Waals surface area contributed by atoms with Gasteiger partial charge in [0.2, 0.25) is 5.95 Å². The van der Waals surface area contributed by atoms with Crippen LogP contribution in [0.25, 0.3) is 22.5 Å². The Bertz CT molecular complexity index is 1240. The monoisotopic (exact) mass is 397 g/mol. The average molecular weight is 397 g/mol. The fraction of sp³-hybridized carbons (Fsp3) is 0.208. The molecule has 1 N–H and O–H groups in total. The number of anilines is 2. The van der Waals surface area contributed by atoms with Crippen molar-refractivity contribution in [2.75, 3.05) is 12.4 Å². The van der Waals surface area contributed by atoms with Crippen molar-refractivity contribution in [1.29, 1.82) is 0 Å². The van der Waals surface area contributed by atoms with E-state index in [1.54, 1.807) is 7.11 Å². The number of hydrogen-bond acceptors (Lipinski definition) is 5. The minimum absolute atomic E-state index is 0.586. The topological polar surface area (TPSA) is 64.9 Å². The first-order valence-corrected chi connectivity index (χ1v) is 10.0. The van der Waals surface area contributed by atoms with Crippen LogP contribution in [0.1, 0.15) is 17.0 Å². The summed E-state index contributed by atoms with van der Waals surface area (Å²) in [5.41, 5.74) is 7.59. The van der Waals surface area contributed by atoms with Gasteiger partial charge in [-0.15, -0.1) is 0 Å². The van der Waals surface area contributed by atoms with Gasteiger partial charge in [-0.3, -0.25) is 0 Å². The van der Waals surface area contributed by atoms with E-state index in [-0.39, 0.29) is 0 Å². The maximum atomic E-state index is 5.55. The van der Waals surface area contributed by atoms with E-state index in [0.29, 0.717) is 5.95 Å². The Morgan fingerprint density at radius 2 is 1.90 bits per heavy atom. The average Bonchev–Trinajstić information content (AvgIpc) is 3.11. The van der Waals surface area contributed by atoms with Crippen LogP contribution >= 0.6 is 0 Å². The third kappa shape index (κ3) is 3.10. The molecule has 0 saturated heterocycles. The number of aryl methyl sites for hydroxylation is 2. The molecule has 0 radical (unpaired) electrons. The Balaban J connectivity index is 1.49. The second-order valence-electron chi connectivity index (χ2n) is 7.51. The number of fused-ring (bicyclic) bond motifs is 3. The molecule has 0 spiro atoms. The van der Waals surface area contributed by atoms with Crippen LogP contribution in [0.3, 0.4) is 0 Å². The molecule has 2 aromatic carbocycles. The minimum atomic E-state index is 0.586. The zero-order valence-corrected chi connectivity index (χ0v) is 17.3. The fourth-order valence-electron chi connectivity index (χ4n) is 4.04. The summed E-state index contributed by atoms with van der Waals surface area (Å²) in [6, 6.07) is 14.4. The molecule has 5 rings (SSSR count). The van der Waals surface area contributed by atoms with Crippen LogP contribution in [0.15, 0.2) is 54.9 Å². The van der Waals surface area contributed by atoms with Crippen LogP contribution in [-0.2, 0) is 19.9 Å². The molecule has 6 nitrogen and oxygen atoms in total. The molecule has 2 heterocycles. The Labute approximate surface area is 175 Å². The number of benzene rings is 2. The van der Waals surface area contributed by atoms with E-state index in [0.717, 1.165) is 52.6 Å². The number of nitrogens with one attached hydrogen (secondary N) is 1. The van der Waals surface area contributed by atoms with Crippen LogP contribution in [0.5, 0.6) is 5.75 Å². The van der Waals surface area contributed by atoms with Gasteiger partial charge in [0, 0.05) is 35.6 Å². The lowest BCUT2D eigenvalue weighted by atomic mass is 9.89. The smallest absolute Gasteiger partial charge is 0.227 e. The normalized spacial score (nSPS) is 12.2. The number of nitrogens with zero attached hydrogens (tertiary/aromatic N) is 4. The summed E-state index contributed by atoms with van der Waals surface area (Å²) in [5.74, 6) is 2.49. The second-order valence-corrected chi connectivity index (χ2v) is 7.51. The van der Waals surface area contributed by atoms with Gasteiger partial charge >= 0.3 is 0 Å². The van der Waals surface area contributed by atoms with Gasteiger partial charge in [0.05, 0.1) is 24.7 Å². The van der Waals surface area contributed by atoms with Crippen LogP contribution < -0.4 is 10.1 Å². The molecule has 0 fully saturated rings. The highest BCUT2D eigenvalue weighted by atomic mass is 16.5. The van der Waals surface area contributed by atoms with Crippen LogP contribution in [0.4, 0.5) is 11.6 Å². The van der Waals surface area contributed by atoms with Crippen molar-refractivity contribution in [1.82, 2.24) is 19.5 Å². The Kier molecular flexibility index (Phi) is 4.47. The summed E-state index contributed by atoms with van der Waals surface area (Å²) in [5, 5.41) is 3.37. The lowest BCUT2D eigenvalue weighted by Crippen LogP contribution is -2.09. The number of rotatable bonds is 4. The molecular weight excluding hydrogens is 374 g/mol. The zero-order chi connectivity index (χ0) is 20.7. The Morgan fingerprint density at radius 1 is 1.03 bits per heavy atom. The van der Waals surface area contributed by atoms with Crippen LogP contribution in [0, 0.1) is 6.92 Å². The second kappa shape index (κ2) is 7.30. The Hall–Kier alpha value is -3.67. The molecule has 4 aromatic rings. The summed E-state index contributed by atoms with van der Waals surface area (Å²) in [4.78, 5) is 13.8. The van der Waals surface area contributed by atoms with Crippen molar-refractivity contribution in [2.45, 2.75) is 19.8 Å². The first-order valence-electron chi connectivity index (χ1n) is 10.0. The van der Waals surface area contributed by atoms with Gasteiger partial charge in [-0.25, -0.2) is 15.0 Å². The summed E-state index contributed by atoms with van der Waals surface area (Å²) < 4.78 is 7.64. The summed E-state index contributed by atoms with van der Waals surface area (Å²) in [6.07, 6.45) is 5.68. The number of hydrogen-bond donors (Lipinski definition) is 1. The van der Waals surface area contributed by atoms with E-state index in [2.05, 4.69) is 38.1 Å². The van der Waals surface area contributed by atoms with Crippen molar-refractivity contribution in [3.63, 3.8) is 0 Å². The Morgan fingerprint density at radius 3 is 2.70 bits per heavy atom. The molecule has 0 aliphatic heterocycles. The standard InChI is InChI=1S/C24H23N5O/c1-15-25-14-21(29(15)2)16-6-4-7-18(12-16)27-24-26-13-17-10-11-19-20(23(17)28-24)8-5-9-22(19)30-3/h4-9,12-14H,10-11H2,1-3H3,(H,26,27,28). The van der Waals surface area contributed by atoms with Gasteiger partial charge in [0.25, 0.3) is 0 Å². The number of ether oxygens (including phenoxy) is 1. The first-order chi connectivity index (χ1) is 14.6. The third-order valence-electron chi connectivity index (χ3n) is 5.75. The molecule has 0 amide bonds. The quantitative estimate of drug-likeness (QED) is 0.541.